The van der Waals surface area contributed by atoms with Gasteiger partial charge in [-0.3, -0.25) is 9.98 Å². The van der Waals surface area contributed by atoms with Crippen LogP contribution < -0.4 is 10.6 Å². The van der Waals surface area contributed by atoms with Crippen LogP contribution in [-0.4, -0.2) is 30.1 Å². The number of nitrogens with zero attached hydrogens (tertiary/aromatic N) is 2. The zero-order valence-electron chi connectivity index (χ0n) is 12.5. The molecule has 1 rings (SSSR count). The molecule has 0 bridgehead atoms. The lowest BCUT2D eigenvalue weighted by atomic mass is 10.1. The monoisotopic (exact) mass is 262 g/mol. The molecule has 1 aromatic heterocycles. The predicted molar refractivity (Wildman–Crippen MR) is 81.5 cm³/mol. The van der Waals surface area contributed by atoms with Crippen LogP contribution in [0.15, 0.2) is 23.5 Å². The summed E-state index contributed by atoms with van der Waals surface area (Å²) in [6.07, 6.45) is 5.79. The molecule has 4 heteroatoms. The van der Waals surface area contributed by atoms with Gasteiger partial charge in [-0.2, -0.15) is 0 Å². The summed E-state index contributed by atoms with van der Waals surface area (Å²) in [5.74, 6) is 0.906. The van der Waals surface area contributed by atoms with E-state index in [9.17, 15) is 0 Å². The summed E-state index contributed by atoms with van der Waals surface area (Å²) in [4.78, 5) is 8.72. The van der Waals surface area contributed by atoms with E-state index in [0.29, 0.717) is 6.04 Å². The number of guanidine groups is 1. The Kier molecular flexibility index (Phi) is 6.93. The van der Waals surface area contributed by atoms with Crippen molar-refractivity contribution >= 4 is 5.96 Å². The van der Waals surface area contributed by atoms with Crippen LogP contribution in [0, 0.1) is 6.92 Å². The first-order valence-corrected chi connectivity index (χ1v) is 7.11. The van der Waals surface area contributed by atoms with Crippen molar-refractivity contribution in [3.05, 3.63) is 29.6 Å². The van der Waals surface area contributed by atoms with E-state index in [0.717, 1.165) is 31.9 Å². The molecule has 106 valence electrons. The van der Waals surface area contributed by atoms with E-state index in [2.05, 4.69) is 54.4 Å². The van der Waals surface area contributed by atoms with Crippen LogP contribution in [0.4, 0.5) is 0 Å². The van der Waals surface area contributed by atoms with E-state index >= 15 is 0 Å². The molecule has 2 N–H and O–H groups in total. The van der Waals surface area contributed by atoms with Gasteiger partial charge in [0.05, 0.1) is 0 Å². The summed E-state index contributed by atoms with van der Waals surface area (Å²) in [5, 5.41) is 6.67. The fourth-order valence-electron chi connectivity index (χ4n) is 1.73. The lowest BCUT2D eigenvalue weighted by molar-refractivity contribution is 0.624. The number of aromatic nitrogens is 1. The second kappa shape index (κ2) is 8.51. The van der Waals surface area contributed by atoms with Gasteiger partial charge in [0.15, 0.2) is 5.96 Å². The first-order valence-electron chi connectivity index (χ1n) is 7.11. The van der Waals surface area contributed by atoms with Crippen molar-refractivity contribution in [2.45, 2.75) is 46.6 Å². The van der Waals surface area contributed by atoms with Gasteiger partial charge in [-0.15, -0.1) is 0 Å². The van der Waals surface area contributed by atoms with Crippen molar-refractivity contribution in [3.8, 4) is 0 Å². The van der Waals surface area contributed by atoms with Gasteiger partial charge in [-0.1, -0.05) is 6.92 Å². The normalized spacial score (nSPS) is 13.2. The number of nitrogens with one attached hydrogen (secondary N) is 2. The van der Waals surface area contributed by atoms with Gasteiger partial charge < -0.3 is 10.6 Å². The third-order valence-corrected chi connectivity index (χ3v) is 3.13. The number of aliphatic imine (C=N–C) groups is 1. The Morgan fingerprint density at radius 2 is 2.21 bits per heavy atom. The topological polar surface area (TPSA) is 49.3 Å². The number of hydrogen-bond acceptors (Lipinski definition) is 2. The van der Waals surface area contributed by atoms with Gasteiger partial charge in [0.1, 0.15) is 0 Å². The third kappa shape index (κ3) is 5.73. The summed E-state index contributed by atoms with van der Waals surface area (Å²) < 4.78 is 0. The van der Waals surface area contributed by atoms with Gasteiger partial charge in [0, 0.05) is 31.5 Å². The molecule has 0 aliphatic rings. The molecule has 0 saturated heterocycles. The number of pyridine rings is 1. The van der Waals surface area contributed by atoms with Crippen LogP contribution in [0.3, 0.4) is 0 Å². The predicted octanol–water partition coefficient (Wildman–Crippen LogP) is 2.29. The average Bonchev–Trinajstić information content (AvgIpc) is 2.41. The first kappa shape index (κ1) is 15.5. The Labute approximate surface area is 116 Å². The molecule has 1 unspecified atom stereocenters. The Morgan fingerprint density at radius 1 is 1.42 bits per heavy atom. The summed E-state index contributed by atoms with van der Waals surface area (Å²) in [7, 11) is 0. The molecule has 0 spiro atoms. The van der Waals surface area contributed by atoms with Crippen LogP contribution in [0.2, 0.25) is 0 Å². The fourth-order valence-corrected chi connectivity index (χ4v) is 1.73. The molecular weight excluding hydrogens is 236 g/mol. The van der Waals surface area contributed by atoms with Crippen LogP contribution in [-0.2, 0) is 6.42 Å². The smallest absolute Gasteiger partial charge is 0.191 e. The largest absolute Gasteiger partial charge is 0.357 e. The van der Waals surface area contributed by atoms with Crippen LogP contribution in [0.1, 0.15) is 38.3 Å². The fraction of sp³-hybridized carbons (Fsp3) is 0.600. The van der Waals surface area contributed by atoms with E-state index in [-0.39, 0.29) is 0 Å². The summed E-state index contributed by atoms with van der Waals surface area (Å²) >= 11 is 0. The van der Waals surface area contributed by atoms with Gasteiger partial charge in [-0.05, 0) is 50.8 Å². The summed E-state index contributed by atoms with van der Waals surface area (Å²) in [5.41, 5.74) is 2.55. The Bertz CT molecular complexity index is 401. The van der Waals surface area contributed by atoms with Crippen molar-refractivity contribution in [1.82, 2.24) is 15.6 Å². The minimum atomic E-state index is 0.445. The minimum absolute atomic E-state index is 0.445. The molecule has 1 aromatic rings. The van der Waals surface area contributed by atoms with Crippen LogP contribution in [0.5, 0.6) is 0 Å². The van der Waals surface area contributed by atoms with Crippen molar-refractivity contribution in [2.24, 2.45) is 4.99 Å². The summed E-state index contributed by atoms with van der Waals surface area (Å²) in [6.45, 7) is 10.2. The van der Waals surface area contributed by atoms with Crippen molar-refractivity contribution in [2.75, 3.05) is 13.1 Å². The average molecular weight is 262 g/mol. The maximum Gasteiger partial charge on any atom is 0.191 e. The zero-order chi connectivity index (χ0) is 14.1. The first-order chi connectivity index (χ1) is 9.17. The highest BCUT2D eigenvalue weighted by atomic mass is 15.2. The van der Waals surface area contributed by atoms with Crippen molar-refractivity contribution < 1.29 is 0 Å². The Morgan fingerprint density at radius 3 is 2.84 bits per heavy atom. The van der Waals surface area contributed by atoms with E-state index in [4.69, 9.17) is 0 Å². The van der Waals surface area contributed by atoms with Crippen molar-refractivity contribution in [3.63, 3.8) is 0 Å². The summed E-state index contributed by atoms with van der Waals surface area (Å²) in [6, 6.07) is 2.51. The SMILES string of the molecule is CCNC(=NCCc1ccncc1C)NC(C)CC. The third-order valence-electron chi connectivity index (χ3n) is 3.13. The van der Waals surface area contributed by atoms with E-state index in [1.54, 1.807) is 0 Å². The minimum Gasteiger partial charge on any atom is -0.357 e. The molecular formula is C15H26N4. The number of aryl methyl sites for hydroxylation is 1. The number of hydrogen-bond donors (Lipinski definition) is 2. The molecule has 0 saturated carbocycles. The highest BCUT2D eigenvalue weighted by Crippen LogP contribution is 2.05. The second-order valence-corrected chi connectivity index (χ2v) is 4.77. The van der Waals surface area contributed by atoms with E-state index in [1.807, 2.05) is 12.4 Å². The molecule has 0 aromatic carbocycles. The molecule has 0 fully saturated rings. The molecule has 0 aliphatic heterocycles. The molecule has 1 atom stereocenters. The Hall–Kier alpha value is -1.58. The molecule has 1 heterocycles. The highest BCUT2D eigenvalue weighted by molar-refractivity contribution is 5.80. The lowest BCUT2D eigenvalue weighted by Gasteiger charge is -2.16. The van der Waals surface area contributed by atoms with Gasteiger partial charge in [-0.25, -0.2) is 0 Å². The number of rotatable bonds is 6. The van der Waals surface area contributed by atoms with E-state index in [1.165, 1.54) is 11.1 Å². The standard InChI is InChI=1S/C15H26N4/c1-5-13(4)19-15(17-6-2)18-10-8-14-7-9-16-11-12(14)3/h7,9,11,13H,5-6,8,10H2,1-4H3,(H2,17,18,19). The molecule has 19 heavy (non-hydrogen) atoms. The molecule has 0 amide bonds. The quantitative estimate of drug-likeness (QED) is 0.611. The lowest BCUT2D eigenvalue weighted by Crippen LogP contribution is -2.42. The molecule has 4 nitrogen and oxygen atoms in total. The highest BCUT2D eigenvalue weighted by Gasteiger charge is 2.02. The van der Waals surface area contributed by atoms with Crippen molar-refractivity contribution in [1.29, 1.82) is 0 Å². The van der Waals surface area contributed by atoms with E-state index < -0.39 is 0 Å². The van der Waals surface area contributed by atoms with Crippen LogP contribution >= 0.6 is 0 Å². The maximum absolute atomic E-state index is 4.61. The van der Waals surface area contributed by atoms with Gasteiger partial charge in [0.25, 0.3) is 0 Å². The zero-order valence-corrected chi connectivity index (χ0v) is 12.5. The molecule has 0 aliphatic carbocycles. The van der Waals surface area contributed by atoms with Gasteiger partial charge in [0.2, 0.25) is 0 Å². The van der Waals surface area contributed by atoms with Crippen LogP contribution in [0.25, 0.3) is 0 Å². The maximum atomic E-state index is 4.61. The molecule has 0 radical (unpaired) electrons. The van der Waals surface area contributed by atoms with Gasteiger partial charge >= 0.3 is 0 Å². The second-order valence-electron chi connectivity index (χ2n) is 4.77. The Balaban J connectivity index is 2.53.